The van der Waals surface area contributed by atoms with Crippen LogP contribution in [-0.4, -0.2) is 38.8 Å². The molecule has 98 valence electrons. The number of nitrogens with zero attached hydrogens (tertiary/aromatic N) is 2. The third-order valence-corrected chi connectivity index (χ3v) is 2.81. The molecule has 1 rings (SSSR count). The fourth-order valence-electron chi connectivity index (χ4n) is 1.83. The molecular weight excluding hydrogens is 228 g/mol. The maximum absolute atomic E-state index is 9.03. The molecule has 1 aromatic rings. The first-order valence-corrected chi connectivity index (χ1v) is 5.89. The highest BCUT2D eigenvalue weighted by atomic mass is 16.5. The van der Waals surface area contributed by atoms with Crippen molar-refractivity contribution in [3.8, 4) is 11.8 Å². The lowest BCUT2D eigenvalue weighted by Gasteiger charge is -2.20. The number of methoxy groups -OCH3 is 2. The van der Waals surface area contributed by atoms with Crippen molar-refractivity contribution in [2.75, 3.05) is 27.8 Å². The molecule has 4 heteroatoms. The van der Waals surface area contributed by atoms with Gasteiger partial charge in [-0.3, -0.25) is 4.90 Å². The van der Waals surface area contributed by atoms with Gasteiger partial charge < -0.3 is 9.47 Å². The third kappa shape index (κ3) is 4.02. The first-order valence-electron chi connectivity index (χ1n) is 5.89. The van der Waals surface area contributed by atoms with E-state index in [9.17, 15) is 0 Å². The Kier molecular flexibility index (Phi) is 5.63. The summed E-state index contributed by atoms with van der Waals surface area (Å²) in [6, 6.07) is 7.83. The highest BCUT2D eigenvalue weighted by Gasteiger charge is 2.08. The SMILES string of the molecule is COc1ccc(CN(C)CC(C)OC)cc1C#N. The lowest BCUT2D eigenvalue weighted by Crippen LogP contribution is -2.28. The highest BCUT2D eigenvalue weighted by molar-refractivity contribution is 5.45. The summed E-state index contributed by atoms with van der Waals surface area (Å²) in [5, 5.41) is 9.03. The van der Waals surface area contributed by atoms with Gasteiger partial charge in [-0.25, -0.2) is 0 Å². The van der Waals surface area contributed by atoms with Crippen LogP contribution in [0.15, 0.2) is 18.2 Å². The summed E-state index contributed by atoms with van der Waals surface area (Å²) in [6.07, 6.45) is 0.198. The zero-order valence-electron chi connectivity index (χ0n) is 11.4. The van der Waals surface area contributed by atoms with Crippen LogP contribution in [0.4, 0.5) is 0 Å². The lowest BCUT2D eigenvalue weighted by atomic mass is 10.1. The van der Waals surface area contributed by atoms with Gasteiger partial charge >= 0.3 is 0 Å². The molecule has 0 aliphatic rings. The van der Waals surface area contributed by atoms with Crippen LogP contribution in [0.25, 0.3) is 0 Å². The van der Waals surface area contributed by atoms with E-state index in [0.29, 0.717) is 11.3 Å². The van der Waals surface area contributed by atoms with Crippen LogP contribution in [0.2, 0.25) is 0 Å². The second-order valence-corrected chi connectivity index (χ2v) is 4.39. The van der Waals surface area contributed by atoms with E-state index in [-0.39, 0.29) is 6.10 Å². The van der Waals surface area contributed by atoms with Gasteiger partial charge in [0, 0.05) is 20.2 Å². The Morgan fingerprint density at radius 2 is 2.11 bits per heavy atom. The van der Waals surface area contributed by atoms with E-state index in [1.807, 2.05) is 32.2 Å². The van der Waals surface area contributed by atoms with Crippen molar-refractivity contribution >= 4 is 0 Å². The Morgan fingerprint density at radius 1 is 1.39 bits per heavy atom. The van der Waals surface area contributed by atoms with Gasteiger partial charge in [-0.2, -0.15) is 5.26 Å². The van der Waals surface area contributed by atoms with Gasteiger partial charge in [-0.1, -0.05) is 6.07 Å². The van der Waals surface area contributed by atoms with Crippen LogP contribution in [-0.2, 0) is 11.3 Å². The third-order valence-electron chi connectivity index (χ3n) is 2.81. The summed E-state index contributed by atoms with van der Waals surface area (Å²) in [4.78, 5) is 2.16. The van der Waals surface area contributed by atoms with Gasteiger partial charge in [0.15, 0.2) is 0 Å². The Labute approximate surface area is 109 Å². The molecule has 0 radical (unpaired) electrons. The minimum absolute atomic E-state index is 0.198. The molecule has 0 aliphatic carbocycles. The molecule has 18 heavy (non-hydrogen) atoms. The van der Waals surface area contributed by atoms with E-state index >= 15 is 0 Å². The van der Waals surface area contributed by atoms with Crippen molar-refractivity contribution in [1.29, 1.82) is 5.26 Å². The molecule has 0 bridgehead atoms. The van der Waals surface area contributed by atoms with Crippen LogP contribution >= 0.6 is 0 Å². The molecule has 0 aliphatic heterocycles. The van der Waals surface area contributed by atoms with Gasteiger partial charge in [0.2, 0.25) is 0 Å². The molecule has 0 amide bonds. The molecule has 0 N–H and O–H groups in total. The van der Waals surface area contributed by atoms with E-state index in [1.54, 1.807) is 14.2 Å². The van der Waals surface area contributed by atoms with Crippen LogP contribution in [0.1, 0.15) is 18.1 Å². The number of benzene rings is 1. The summed E-state index contributed by atoms with van der Waals surface area (Å²) in [5.74, 6) is 0.620. The van der Waals surface area contributed by atoms with Crippen molar-refractivity contribution in [1.82, 2.24) is 4.90 Å². The lowest BCUT2D eigenvalue weighted by molar-refractivity contribution is 0.0837. The van der Waals surface area contributed by atoms with Crippen molar-refractivity contribution in [2.24, 2.45) is 0 Å². The molecule has 0 aromatic heterocycles. The summed E-state index contributed by atoms with van der Waals surface area (Å²) >= 11 is 0. The number of hydrogen-bond acceptors (Lipinski definition) is 4. The Bertz CT molecular complexity index is 426. The molecule has 0 spiro atoms. The number of likely N-dealkylation sites (N-methyl/N-ethyl adjacent to an activating group) is 1. The number of rotatable bonds is 6. The van der Waals surface area contributed by atoms with Crippen LogP contribution < -0.4 is 4.74 Å². The molecule has 0 fully saturated rings. The largest absolute Gasteiger partial charge is 0.495 e. The molecular formula is C14H20N2O2. The number of nitriles is 1. The topological polar surface area (TPSA) is 45.5 Å². The van der Waals surface area contributed by atoms with Gasteiger partial charge in [0.25, 0.3) is 0 Å². The van der Waals surface area contributed by atoms with Crippen molar-refractivity contribution in [3.05, 3.63) is 29.3 Å². The van der Waals surface area contributed by atoms with E-state index in [4.69, 9.17) is 14.7 Å². The smallest absolute Gasteiger partial charge is 0.136 e. The van der Waals surface area contributed by atoms with Crippen molar-refractivity contribution in [3.63, 3.8) is 0 Å². The molecule has 0 saturated heterocycles. The normalized spacial score (nSPS) is 12.2. The molecule has 0 saturated carbocycles. The van der Waals surface area contributed by atoms with Gasteiger partial charge in [0.1, 0.15) is 11.8 Å². The molecule has 4 nitrogen and oxygen atoms in total. The summed E-state index contributed by atoms with van der Waals surface area (Å²) in [6.45, 7) is 3.67. The minimum Gasteiger partial charge on any atom is -0.495 e. The monoisotopic (exact) mass is 248 g/mol. The first-order chi connectivity index (χ1) is 8.60. The van der Waals surface area contributed by atoms with Gasteiger partial charge in [-0.15, -0.1) is 0 Å². The summed E-state index contributed by atoms with van der Waals surface area (Å²) < 4.78 is 10.3. The zero-order chi connectivity index (χ0) is 13.5. The predicted octanol–water partition coefficient (Wildman–Crippen LogP) is 2.03. The Morgan fingerprint density at radius 3 is 2.67 bits per heavy atom. The quantitative estimate of drug-likeness (QED) is 0.772. The Hall–Kier alpha value is -1.57. The van der Waals surface area contributed by atoms with E-state index in [1.165, 1.54) is 0 Å². The molecule has 1 unspecified atom stereocenters. The summed E-state index contributed by atoms with van der Waals surface area (Å²) in [5.41, 5.74) is 1.67. The maximum Gasteiger partial charge on any atom is 0.136 e. The second kappa shape index (κ2) is 7.00. The van der Waals surface area contributed by atoms with Crippen LogP contribution in [0, 0.1) is 11.3 Å². The maximum atomic E-state index is 9.03. The average molecular weight is 248 g/mol. The van der Waals surface area contributed by atoms with Gasteiger partial charge in [0.05, 0.1) is 18.8 Å². The highest BCUT2D eigenvalue weighted by Crippen LogP contribution is 2.19. The molecule has 1 atom stereocenters. The predicted molar refractivity (Wildman–Crippen MR) is 70.5 cm³/mol. The van der Waals surface area contributed by atoms with Crippen LogP contribution in [0.5, 0.6) is 5.75 Å². The fraction of sp³-hybridized carbons (Fsp3) is 0.500. The Balaban J connectivity index is 2.71. The van der Waals surface area contributed by atoms with Crippen molar-refractivity contribution in [2.45, 2.75) is 19.6 Å². The van der Waals surface area contributed by atoms with Gasteiger partial charge in [-0.05, 0) is 31.7 Å². The standard InChI is InChI=1S/C14H20N2O2/c1-11(17-3)9-16(2)10-12-5-6-14(18-4)13(7-12)8-15/h5-7,11H,9-10H2,1-4H3. The minimum atomic E-state index is 0.198. The van der Waals surface area contributed by atoms with E-state index in [0.717, 1.165) is 18.7 Å². The second-order valence-electron chi connectivity index (χ2n) is 4.39. The van der Waals surface area contributed by atoms with Crippen molar-refractivity contribution < 1.29 is 9.47 Å². The number of hydrogen-bond donors (Lipinski definition) is 0. The summed E-state index contributed by atoms with van der Waals surface area (Å²) in [7, 11) is 5.31. The average Bonchev–Trinajstić information content (AvgIpc) is 2.38. The molecule has 1 aromatic carbocycles. The van der Waals surface area contributed by atoms with E-state index < -0.39 is 0 Å². The fourth-order valence-corrected chi connectivity index (χ4v) is 1.83. The zero-order valence-corrected chi connectivity index (χ0v) is 11.4. The number of ether oxygens (including phenoxy) is 2. The first kappa shape index (κ1) is 14.5. The van der Waals surface area contributed by atoms with Crippen LogP contribution in [0.3, 0.4) is 0 Å². The molecule has 0 heterocycles. The van der Waals surface area contributed by atoms with E-state index in [2.05, 4.69) is 11.0 Å².